The molecule has 1 aromatic heterocycles. The molecule has 0 aliphatic carbocycles. The lowest BCUT2D eigenvalue weighted by Gasteiger charge is -2.28. The molecule has 0 atom stereocenters. The predicted molar refractivity (Wildman–Crippen MR) is 114 cm³/mol. The van der Waals surface area contributed by atoms with E-state index >= 15 is 0 Å². The van der Waals surface area contributed by atoms with Crippen molar-refractivity contribution in [3.05, 3.63) is 47.8 Å². The summed E-state index contributed by atoms with van der Waals surface area (Å²) in [6.45, 7) is 2.96. The van der Waals surface area contributed by atoms with Crippen molar-refractivity contribution in [2.75, 3.05) is 25.2 Å². The fourth-order valence-electron chi connectivity index (χ4n) is 3.73. The average molecular weight is 494 g/mol. The first-order valence-corrected chi connectivity index (χ1v) is 10.3. The van der Waals surface area contributed by atoms with Crippen LogP contribution in [0.2, 0.25) is 0 Å². The molecular weight excluding hydrogens is 474 g/mol. The Labute approximate surface area is 176 Å². The highest BCUT2D eigenvalue weighted by Crippen LogP contribution is 2.37. The van der Waals surface area contributed by atoms with Gasteiger partial charge >= 0.3 is 0 Å². The number of fused-ring (bicyclic) bond motifs is 2. The molecule has 28 heavy (non-hydrogen) atoms. The van der Waals surface area contributed by atoms with Gasteiger partial charge in [-0.15, -0.1) is 0 Å². The Balaban J connectivity index is 1.52. The fourth-order valence-corrected chi connectivity index (χ4v) is 4.29. The number of rotatable bonds is 4. The van der Waals surface area contributed by atoms with Gasteiger partial charge in [0.25, 0.3) is 0 Å². The third kappa shape index (κ3) is 3.50. The minimum Gasteiger partial charge on any atom is -0.454 e. The Bertz CT molecular complexity index is 1000. The molecule has 0 bridgehead atoms. The highest BCUT2D eigenvalue weighted by Gasteiger charge is 2.23. The lowest BCUT2D eigenvalue weighted by Crippen LogP contribution is -2.34. The van der Waals surface area contributed by atoms with Crippen LogP contribution in [-0.2, 0) is 6.54 Å². The second kappa shape index (κ2) is 7.40. The summed E-state index contributed by atoms with van der Waals surface area (Å²) in [7, 11) is 0. The number of nitrogens with zero attached hydrogens (tertiary/aromatic N) is 3. The molecule has 0 unspecified atom stereocenters. The lowest BCUT2D eigenvalue weighted by atomic mass is 10.1. The van der Waals surface area contributed by atoms with E-state index in [0.717, 1.165) is 60.0 Å². The van der Waals surface area contributed by atoms with Gasteiger partial charge in [0.2, 0.25) is 12.7 Å². The number of ether oxygens (including phenoxy) is 2. The quantitative estimate of drug-likeness (QED) is 0.436. The van der Waals surface area contributed by atoms with Crippen molar-refractivity contribution >= 4 is 39.8 Å². The number of imidazole rings is 1. The van der Waals surface area contributed by atoms with Crippen LogP contribution in [0.1, 0.15) is 18.4 Å². The van der Waals surface area contributed by atoms with Crippen LogP contribution in [0.5, 0.6) is 11.5 Å². The van der Waals surface area contributed by atoms with Gasteiger partial charge in [0, 0.05) is 54.1 Å². The summed E-state index contributed by atoms with van der Waals surface area (Å²) in [5.74, 6) is 2.06. The Morgan fingerprint density at radius 1 is 1.11 bits per heavy atom. The number of aromatic nitrogens is 2. The summed E-state index contributed by atoms with van der Waals surface area (Å²) in [6.07, 6.45) is 2.15. The van der Waals surface area contributed by atoms with Gasteiger partial charge in [-0.2, -0.15) is 0 Å². The summed E-state index contributed by atoms with van der Waals surface area (Å²) in [6, 6.07) is 10.9. The molecule has 0 amide bonds. The summed E-state index contributed by atoms with van der Waals surface area (Å²) >= 11 is 2.38. The summed E-state index contributed by atoms with van der Waals surface area (Å²) in [5, 5.41) is 3.63. The molecular formula is C20H20FIN4O2. The van der Waals surface area contributed by atoms with Crippen molar-refractivity contribution in [3.63, 3.8) is 0 Å². The van der Waals surface area contributed by atoms with Crippen molar-refractivity contribution in [3.8, 4) is 11.5 Å². The second-order valence-corrected chi connectivity index (χ2v) is 8.54. The third-order valence-electron chi connectivity index (χ3n) is 5.27. The minimum absolute atomic E-state index is 0.230. The Hall–Kier alpha value is -2.07. The highest BCUT2D eigenvalue weighted by molar-refractivity contribution is 14.1. The third-order valence-corrected chi connectivity index (χ3v) is 6.23. The molecule has 2 aliphatic rings. The molecule has 146 valence electrons. The summed E-state index contributed by atoms with van der Waals surface area (Å²) in [5.41, 5.74) is 2.85. The van der Waals surface area contributed by atoms with Crippen molar-refractivity contribution in [1.82, 2.24) is 12.7 Å². The van der Waals surface area contributed by atoms with E-state index < -0.39 is 0 Å². The van der Waals surface area contributed by atoms with Gasteiger partial charge in [-0.25, -0.2) is 12.5 Å². The zero-order chi connectivity index (χ0) is 19.1. The van der Waals surface area contributed by atoms with Crippen LogP contribution in [0.15, 0.2) is 36.4 Å². The van der Waals surface area contributed by atoms with Gasteiger partial charge in [0.15, 0.2) is 11.5 Å². The Morgan fingerprint density at radius 3 is 2.57 bits per heavy atom. The van der Waals surface area contributed by atoms with Gasteiger partial charge in [-0.3, -0.25) is 0 Å². The molecule has 3 heterocycles. The molecule has 1 saturated heterocycles. The van der Waals surface area contributed by atoms with E-state index in [1.165, 1.54) is 12.1 Å². The van der Waals surface area contributed by atoms with Gasteiger partial charge in [-0.1, -0.05) is 12.1 Å². The molecule has 1 fully saturated rings. The first-order chi connectivity index (χ1) is 13.7. The zero-order valence-corrected chi connectivity index (χ0v) is 17.4. The fraction of sp³-hybridized carbons (Fsp3) is 0.350. The van der Waals surface area contributed by atoms with Gasteiger partial charge in [0.05, 0.1) is 17.6 Å². The molecule has 8 heteroatoms. The number of anilines is 1. The summed E-state index contributed by atoms with van der Waals surface area (Å²) < 4.78 is 28.8. The number of piperidine rings is 1. The maximum Gasteiger partial charge on any atom is 0.231 e. The molecule has 5 rings (SSSR count). The van der Waals surface area contributed by atoms with Crippen LogP contribution in [0.25, 0.3) is 11.0 Å². The van der Waals surface area contributed by atoms with E-state index in [4.69, 9.17) is 14.5 Å². The average Bonchev–Trinajstić information content (AvgIpc) is 3.28. The van der Waals surface area contributed by atoms with Crippen LogP contribution >= 0.6 is 22.9 Å². The molecule has 6 nitrogen and oxygen atoms in total. The zero-order valence-electron chi connectivity index (χ0n) is 15.2. The number of benzene rings is 2. The van der Waals surface area contributed by atoms with Crippen LogP contribution in [0, 0.1) is 5.82 Å². The first kappa shape index (κ1) is 18.0. The van der Waals surface area contributed by atoms with Crippen LogP contribution in [0.3, 0.4) is 0 Å². The Kier molecular flexibility index (Phi) is 4.75. The van der Waals surface area contributed by atoms with E-state index in [9.17, 15) is 4.39 Å². The van der Waals surface area contributed by atoms with Crippen molar-refractivity contribution in [2.24, 2.45) is 0 Å². The largest absolute Gasteiger partial charge is 0.454 e. The Morgan fingerprint density at radius 2 is 1.82 bits per heavy atom. The van der Waals surface area contributed by atoms with E-state index in [0.29, 0.717) is 12.6 Å². The standard InChI is InChI=1S/C20H20FIN4O2/c21-14-3-1-13(2-4-14)11-26-17-10-19-18(27-12-28-19)9-16(17)24-20(26)23-15-5-7-25(22)8-6-15/h1-4,9-10,15H,5-8,11-12H2,(H,23,24). The first-order valence-electron chi connectivity index (χ1n) is 9.37. The number of halogens is 2. The molecule has 3 aromatic rings. The van der Waals surface area contributed by atoms with Gasteiger partial charge < -0.3 is 19.4 Å². The van der Waals surface area contributed by atoms with Crippen molar-refractivity contribution in [2.45, 2.75) is 25.4 Å². The maximum atomic E-state index is 13.3. The van der Waals surface area contributed by atoms with Gasteiger partial charge in [-0.05, 0) is 30.5 Å². The summed E-state index contributed by atoms with van der Waals surface area (Å²) in [4.78, 5) is 4.84. The molecule has 1 N–H and O–H groups in total. The van der Waals surface area contributed by atoms with Crippen molar-refractivity contribution < 1.29 is 13.9 Å². The molecule has 2 aliphatic heterocycles. The van der Waals surface area contributed by atoms with Crippen LogP contribution in [0.4, 0.5) is 10.3 Å². The van der Waals surface area contributed by atoms with E-state index in [-0.39, 0.29) is 12.6 Å². The maximum absolute atomic E-state index is 13.3. The predicted octanol–water partition coefficient (Wildman–Crippen LogP) is 4.18. The van der Waals surface area contributed by atoms with E-state index in [1.54, 1.807) is 0 Å². The molecule has 2 aromatic carbocycles. The minimum atomic E-state index is -0.230. The number of nitrogens with one attached hydrogen (secondary N) is 1. The molecule has 0 saturated carbocycles. The van der Waals surface area contributed by atoms with Crippen LogP contribution < -0.4 is 14.8 Å². The normalized spacial score (nSPS) is 17.4. The van der Waals surface area contributed by atoms with E-state index in [2.05, 4.69) is 35.9 Å². The second-order valence-electron chi connectivity index (χ2n) is 7.17. The van der Waals surface area contributed by atoms with Gasteiger partial charge in [0.1, 0.15) is 5.82 Å². The van der Waals surface area contributed by atoms with E-state index in [1.807, 2.05) is 24.3 Å². The molecule has 0 radical (unpaired) electrons. The van der Waals surface area contributed by atoms with Crippen LogP contribution in [-0.4, -0.2) is 38.6 Å². The topological polar surface area (TPSA) is 51.6 Å². The number of hydrogen-bond acceptors (Lipinski definition) is 5. The molecule has 0 spiro atoms. The van der Waals surface area contributed by atoms with Crippen molar-refractivity contribution in [1.29, 1.82) is 0 Å². The highest BCUT2D eigenvalue weighted by atomic mass is 127. The SMILES string of the molecule is Fc1ccc(Cn2c(NC3CCN(I)CC3)nc3cc4c(cc32)OCO4)cc1. The smallest absolute Gasteiger partial charge is 0.231 e. The number of hydrogen-bond donors (Lipinski definition) is 1. The monoisotopic (exact) mass is 494 g/mol. The lowest BCUT2D eigenvalue weighted by molar-refractivity contribution is 0.174.